The Hall–Kier alpha value is -3.37. The molecular formula is C24H23N5OS. The zero-order valence-electron chi connectivity index (χ0n) is 17.6. The van der Waals surface area contributed by atoms with Gasteiger partial charge < -0.3 is 9.80 Å². The molecule has 31 heavy (non-hydrogen) atoms. The van der Waals surface area contributed by atoms with E-state index in [0.717, 1.165) is 40.2 Å². The molecule has 6 nitrogen and oxygen atoms in total. The van der Waals surface area contributed by atoms with Gasteiger partial charge in [-0.3, -0.25) is 4.79 Å². The average molecular weight is 430 g/mol. The predicted molar refractivity (Wildman–Crippen MR) is 121 cm³/mol. The topological polar surface area (TPSA) is 73.1 Å². The third kappa shape index (κ3) is 4.70. The van der Waals surface area contributed by atoms with Gasteiger partial charge in [0.05, 0.1) is 11.1 Å². The summed E-state index contributed by atoms with van der Waals surface area (Å²) in [5.74, 6) is 1.70. The normalized spacial score (nSPS) is 13.7. The smallest absolute Gasteiger partial charge is 0.255 e. The maximum atomic E-state index is 13.3. The Morgan fingerprint density at radius 1 is 0.968 bits per heavy atom. The van der Waals surface area contributed by atoms with Gasteiger partial charge in [-0.25, -0.2) is 9.97 Å². The molecule has 0 spiro atoms. The highest BCUT2D eigenvalue weighted by Gasteiger charge is 2.25. The van der Waals surface area contributed by atoms with Crippen molar-refractivity contribution in [2.75, 3.05) is 31.1 Å². The zero-order valence-corrected chi connectivity index (χ0v) is 18.4. The summed E-state index contributed by atoms with van der Waals surface area (Å²) in [6.45, 7) is 6.60. The van der Waals surface area contributed by atoms with Crippen molar-refractivity contribution < 1.29 is 4.79 Å². The second kappa shape index (κ2) is 9.19. The number of carbonyl (C=O) groups excluding carboxylic acids is 1. The van der Waals surface area contributed by atoms with Crippen LogP contribution in [0.3, 0.4) is 0 Å². The fourth-order valence-corrected chi connectivity index (χ4v) is 4.69. The van der Waals surface area contributed by atoms with Gasteiger partial charge in [-0.2, -0.15) is 5.26 Å². The van der Waals surface area contributed by atoms with Gasteiger partial charge in [0.15, 0.2) is 0 Å². The average Bonchev–Trinajstić information content (AvgIpc) is 2.79. The first-order valence-electron chi connectivity index (χ1n) is 10.2. The molecule has 1 aliphatic rings. The molecular weight excluding hydrogens is 406 g/mol. The molecule has 0 radical (unpaired) electrons. The Balaban J connectivity index is 1.49. The van der Waals surface area contributed by atoms with Crippen molar-refractivity contribution in [3.8, 4) is 6.07 Å². The molecule has 3 aromatic rings. The first-order valence-corrected chi connectivity index (χ1v) is 11.0. The molecule has 1 aromatic heterocycles. The van der Waals surface area contributed by atoms with Crippen molar-refractivity contribution in [2.45, 2.75) is 23.6 Å². The summed E-state index contributed by atoms with van der Waals surface area (Å²) in [6.07, 6.45) is 0. The lowest BCUT2D eigenvalue weighted by Gasteiger charge is -2.35. The number of aromatic nitrogens is 2. The number of hydrogen-bond donors (Lipinski definition) is 0. The number of piperazine rings is 1. The van der Waals surface area contributed by atoms with Crippen molar-refractivity contribution >= 4 is 23.5 Å². The molecule has 1 fully saturated rings. The van der Waals surface area contributed by atoms with Crippen LogP contribution in [0.4, 0.5) is 5.82 Å². The SMILES string of the molecule is Cc1cc(N2CCN(C(=O)c3ccccc3Sc3ccccc3C#N)CC2)nc(C)n1. The summed E-state index contributed by atoms with van der Waals surface area (Å²) in [4.78, 5) is 28.0. The van der Waals surface area contributed by atoms with E-state index in [4.69, 9.17) is 0 Å². The lowest BCUT2D eigenvalue weighted by atomic mass is 10.1. The van der Waals surface area contributed by atoms with Crippen LogP contribution in [0.25, 0.3) is 0 Å². The van der Waals surface area contributed by atoms with Crippen LogP contribution in [0, 0.1) is 25.2 Å². The number of nitriles is 1. The van der Waals surface area contributed by atoms with Gasteiger partial charge in [-0.05, 0) is 38.1 Å². The van der Waals surface area contributed by atoms with Crippen LogP contribution >= 0.6 is 11.8 Å². The van der Waals surface area contributed by atoms with E-state index in [9.17, 15) is 10.1 Å². The minimum Gasteiger partial charge on any atom is -0.353 e. The second-order valence-electron chi connectivity index (χ2n) is 7.40. The molecule has 1 aliphatic heterocycles. The van der Waals surface area contributed by atoms with Gasteiger partial charge in [0.25, 0.3) is 5.91 Å². The fraction of sp³-hybridized carbons (Fsp3) is 0.250. The quantitative estimate of drug-likeness (QED) is 0.622. The third-order valence-corrected chi connectivity index (χ3v) is 6.34. The lowest BCUT2D eigenvalue weighted by molar-refractivity contribution is 0.0743. The van der Waals surface area contributed by atoms with Crippen LogP contribution in [-0.2, 0) is 0 Å². The second-order valence-corrected chi connectivity index (χ2v) is 8.48. The highest BCUT2D eigenvalue weighted by Crippen LogP contribution is 2.33. The van der Waals surface area contributed by atoms with Crippen molar-refractivity contribution in [3.05, 3.63) is 77.2 Å². The Kier molecular flexibility index (Phi) is 6.19. The van der Waals surface area contributed by atoms with E-state index in [1.54, 1.807) is 6.07 Å². The molecule has 0 N–H and O–H groups in total. The van der Waals surface area contributed by atoms with Gasteiger partial charge in [0, 0.05) is 47.7 Å². The number of aryl methyl sites for hydroxylation is 2. The fourth-order valence-electron chi connectivity index (χ4n) is 3.67. The Morgan fingerprint density at radius 2 is 1.65 bits per heavy atom. The number of hydrogen-bond acceptors (Lipinski definition) is 6. The summed E-state index contributed by atoms with van der Waals surface area (Å²) in [5, 5.41) is 9.38. The van der Waals surface area contributed by atoms with Gasteiger partial charge in [-0.15, -0.1) is 0 Å². The van der Waals surface area contributed by atoms with E-state index in [1.807, 2.05) is 67.3 Å². The van der Waals surface area contributed by atoms with E-state index in [1.165, 1.54) is 11.8 Å². The minimum atomic E-state index is 0.0206. The Morgan fingerprint density at radius 3 is 2.35 bits per heavy atom. The number of carbonyl (C=O) groups is 1. The van der Waals surface area contributed by atoms with Crippen LogP contribution in [0.15, 0.2) is 64.4 Å². The lowest BCUT2D eigenvalue weighted by Crippen LogP contribution is -2.49. The van der Waals surface area contributed by atoms with E-state index in [0.29, 0.717) is 24.2 Å². The van der Waals surface area contributed by atoms with Crippen LogP contribution in [0.1, 0.15) is 27.4 Å². The molecule has 7 heteroatoms. The molecule has 4 rings (SSSR count). The molecule has 156 valence electrons. The van der Waals surface area contributed by atoms with Crippen molar-refractivity contribution in [1.29, 1.82) is 5.26 Å². The first-order chi connectivity index (χ1) is 15.0. The molecule has 0 saturated carbocycles. The largest absolute Gasteiger partial charge is 0.353 e. The summed E-state index contributed by atoms with van der Waals surface area (Å²) < 4.78 is 0. The number of amides is 1. The first kappa shape index (κ1) is 20.9. The summed E-state index contributed by atoms with van der Waals surface area (Å²) in [7, 11) is 0. The van der Waals surface area contributed by atoms with Gasteiger partial charge in [-0.1, -0.05) is 36.0 Å². The maximum Gasteiger partial charge on any atom is 0.255 e. The predicted octanol–water partition coefficient (Wildman–Crippen LogP) is 4.08. The molecule has 0 aliphatic carbocycles. The van der Waals surface area contributed by atoms with Crippen molar-refractivity contribution in [2.24, 2.45) is 0 Å². The van der Waals surface area contributed by atoms with Crippen LogP contribution < -0.4 is 4.90 Å². The van der Waals surface area contributed by atoms with Crippen LogP contribution in [0.5, 0.6) is 0 Å². The molecule has 2 aromatic carbocycles. The van der Waals surface area contributed by atoms with Crippen LogP contribution in [-0.4, -0.2) is 47.0 Å². The molecule has 0 bridgehead atoms. The van der Waals surface area contributed by atoms with Crippen LogP contribution in [0.2, 0.25) is 0 Å². The standard InChI is InChI=1S/C24H23N5OS/c1-17-15-23(27-18(2)26-17)28-11-13-29(14-12-28)24(30)20-8-4-6-10-22(20)31-21-9-5-3-7-19(21)16-25/h3-10,15H,11-14H2,1-2H3. The van der Waals surface area contributed by atoms with Crippen molar-refractivity contribution in [1.82, 2.24) is 14.9 Å². The molecule has 1 amide bonds. The Bertz CT molecular complexity index is 1130. The van der Waals surface area contributed by atoms with Gasteiger partial charge in [0.1, 0.15) is 17.7 Å². The van der Waals surface area contributed by atoms with E-state index in [-0.39, 0.29) is 5.91 Å². The zero-order chi connectivity index (χ0) is 21.8. The Labute approximate surface area is 186 Å². The highest BCUT2D eigenvalue weighted by molar-refractivity contribution is 7.99. The molecule has 2 heterocycles. The summed E-state index contributed by atoms with van der Waals surface area (Å²) in [5.41, 5.74) is 2.23. The van der Waals surface area contributed by atoms with E-state index < -0.39 is 0 Å². The molecule has 0 atom stereocenters. The monoisotopic (exact) mass is 429 g/mol. The minimum absolute atomic E-state index is 0.0206. The van der Waals surface area contributed by atoms with E-state index >= 15 is 0 Å². The maximum absolute atomic E-state index is 13.3. The number of benzene rings is 2. The number of nitrogens with zero attached hydrogens (tertiary/aromatic N) is 5. The summed E-state index contributed by atoms with van der Waals surface area (Å²) >= 11 is 1.46. The third-order valence-electron chi connectivity index (χ3n) is 5.19. The van der Waals surface area contributed by atoms with Gasteiger partial charge in [0.2, 0.25) is 0 Å². The van der Waals surface area contributed by atoms with Crippen molar-refractivity contribution in [3.63, 3.8) is 0 Å². The number of anilines is 1. The summed E-state index contributed by atoms with van der Waals surface area (Å²) in [6, 6.07) is 19.3. The van der Waals surface area contributed by atoms with Gasteiger partial charge >= 0.3 is 0 Å². The highest BCUT2D eigenvalue weighted by atomic mass is 32.2. The van der Waals surface area contributed by atoms with E-state index in [2.05, 4.69) is 20.9 Å². The molecule has 1 saturated heterocycles. The molecule has 0 unspecified atom stereocenters. The number of rotatable bonds is 4.